The summed E-state index contributed by atoms with van der Waals surface area (Å²) in [4.78, 5) is 16.7. The van der Waals surface area contributed by atoms with Gasteiger partial charge in [-0.15, -0.1) is 0 Å². The molecule has 3 aromatic rings. The van der Waals surface area contributed by atoms with Gasteiger partial charge in [-0.1, -0.05) is 60.7 Å². The largest absolute Gasteiger partial charge is 0.497 e. The fraction of sp³-hybridized carbons (Fsp3) is 0.321. The summed E-state index contributed by atoms with van der Waals surface area (Å²) in [5.74, 6) is 0.433. The van der Waals surface area contributed by atoms with E-state index in [1.807, 2.05) is 12.1 Å². The van der Waals surface area contributed by atoms with Crippen molar-refractivity contribution in [2.75, 3.05) is 43.8 Å². The van der Waals surface area contributed by atoms with Gasteiger partial charge in [0.15, 0.2) is 0 Å². The molecule has 1 fully saturated rings. The number of hydrogen-bond acceptors (Lipinski definition) is 4. The van der Waals surface area contributed by atoms with Gasteiger partial charge >= 0.3 is 0 Å². The number of sulfonamides is 1. The summed E-state index contributed by atoms with van der Waals surface area (Å²) in [6.45, 7) is 4.33. The summed E-state index contributed by atoms with van der Waals surface area (Å²) in [6, 6.07) is 26.9. The number of nitrogens with one attached hydrogen (secondary N) is 1. The highest BCUT2D eigenvalue weighted by Gasteiger charge is 2.36. The van der Waals surface area contributed by atoms with Crippen LogP contribution >= 0.6 is 0 Å². The molecular formula is C28H34N3O4S+. The van der Waals surface area contributed by atoms with Gasteiger partial charge in [-0.05, 0) is 31.2 Å². The van der Waals surface area contributed by atoms with Gasteiger partial charge < -0.3 is 14.5 Å². The molecule has 1 aliphatic heterocycles. The van der Waals surface area contributed by atoms with E-state index in [4.69, 9.17) is 4.74 Å². The van der Waals surface area contributed by atoms with Crippen molar-refractivity contribution in [1.29, 1.82) is 0 Å². The van der Waals surface area contributed by atoms with Crippen LogP contribution in [0.4, 0.5) is 5.69 Å². The van der Waals surface area contributed by atoms with E-state index in [2.05, 4.69) is 48.5 Å². The molecule has 1 N–H and O–H groups in total. The van der Waals surface area contributed by atoms with Crippen molar-refractivity contribution in [1.82, 2.24) is 4.90 Å². The molecule has 7 nitrogen and oxygen atoms in total. The molecule has 0 spiro atoms. The zero-order chi connectivity index (χ0) is 25.7. The number of benzene rings is 3. The predicted molar refractivity (Wildman–Crippen MR) is 142 cm³/mol. The summed E-state index contributed by atoms with van der Waals surface area (Å²) in [5, 5.41) is 0. The van der Waals surface area contributed by atoms with Gasteiger partial charge in [-0.2, -0.15) is 0 Å². The summed E-state index contributed by atoms with van der Waals surface area (Å²) < 4.78 is 31.8. The monoisotopic (exact) mass is 508 g/mol. The maximum Gasteiger partial charge on any atom is 0.246 e. The number of quaternary nitrogens is 1. The van der Waals surface area contributed by atoms with Gasteiger partial charge in [0.2, 0.25) is 15.9 Å². The molecule has 1 amide bonds. The maximum atomic E-state index is 13.5. The number of nitrogens with zero attached hydrogens (tertiary/aromatic N) is 2. The molecule has 4 rings (SSSR count). The number of ether oxygens (including phenoxy) is 1. The van der Waals surface area contributed by atoms with Gasteiger partial charge in [0, 0.05) is 11.1 Å². The van der Waals surface area contributed by atoms with E-state index >= 15 is 0 Å². The van der Waals surface area contributed by atoms with Gasteiger partial charge in [0.05, 0.1) is 45.2 Å². The van der Waals surface area contributed by atoms with E-state index in [1.54, 1.807) is 43.2 Å². The number of methoxy groups -OCH3 is 1. The Morgan fingerprint density at radius 3 is 1.83 bits per heavy atom. The Labute approximate surface area is 214 Å². The lowest BCUT2D eigenvalue weighted by Gasteiger charge is -2.39. The van der Waals surface area contributed by atoms with Crippen LogP contribution in [0.1, 0.15) is 24.1 Å². The molecule has 8 heteroatoms. The number of piperazine rings is 1. The van der Waals surface area contributed by atoms with E-state index in [1.165, 1.54) is 20.3 Å². The predicted octanol–water partition coefficient (Wildman–Crippen LogP) is 2.37. The Morgan fingerprint density at radius 2 is 1.39 bits per heavy atom. The van der Waals surface area contributed by atoms with Crippen molar-refractivity contribution in [2.24, 2.45) is 0 Å². The lowest BCUT2D eigenvalue weighted by atomic mass is 9.96. The van der Waals surface area contributed by atoms with Crippen LogP contribution in [-0.4, -0.2) is 64.8 Å². The highest BCUT2D eigenvalue weighted by Crippen LogP contribution is 2.25. The van der Waals surface area contributed by atoms with Crippen molar-refractivity contribution in [3.8, 4) is 5.75 Å². The number of carbonyl (C=O) groups is 1. The minimum atomic E-state index is -3.68. The fourth-order valence-electron chi connectivity index (χ4n) is 5.05. The third-order valence-corrected chi connectivity index (χ3v) is 8.03. The van der Waals surface area contributed by atoms with Crippen LogP contribution in [0.3, 0.4) is 0 Å². The van der Waals surface area contributed by atoms with E-state index in [0.29, 0.717) is 24.5 Å². The molecule has 0 bridgehead atoms. The molecule has 1 saturated heterocycles. The lowest BCUT2D eigenvalue weighted by molar-refractivity contribution is -0.929. The summed E-state index contributed by atoms with van der Waals surface area (Å²) in [6.07, 6.45) is 1.13. The summed E-state index contributed by atoms with van der Waals surface area (Å²) in [7, 11) is -2.12. The SMILES string of the molecule is COc1ccc(N([C@@H](C)C(=O)N2CC[NH+](C(c3ccccc3)c3ccccc3)CC2)S(C)(=O)=O)cc1. The summed E-state index contributed by atoms with van der Waals surface area (Å²) >= 11 is 0. The van der Waals surface area contributed by atoms with Gasteiger partial charge in [0.1, 0.15) is 17.8 Å². The van der Waals surface area contributed by atoms with Gasteiger partial charge in [-0.3, -0.25) is 9.10 Å². The summed E-state index contributed by atoms with van der Waals surface area (Å²) in [5.41, 5.74) is 2.93. The van der Waals surface area contributed by atoms with Crippen molar-refractivity contribution < 1.29 is 22.8 Å². The normalized spacial score (nSPS) is 15.5. The van der Waals surface area contributed by atoms with Crippen molar-refractivity contribution in [3.63, 3.8) is 0 Å². The van der Waals surface area contributed by atoms with Gasteiger partial charge in [0.25, 0.3) is 0 Å². The Kier molecular flexibility index (Phi) is 7.96. The maximum absolute atomic E-state index is 13.5. The first-order valence-corrected chi connectivity index (χ1v) is 14.0. The second-order valence-corrected chi connectivity index (χ2v) is 11.0. The highest BCUT2D eigenvalue weighted by atomic mass is 32.2. The fourth-order valence-corrected chi connectivity index (χ4v) is 6.22. The Hall–Kier alpha value is -3.36. The van der Waals surface area contributed by atoms with Crippen LogP contribution in [0, 0.1) is 0 Å². The zero-order valence-corrected chi connectivity index (χ0v) is 21.8. The van der Waals surface area contributed by atoms with Crippen molar-refractivity contribution >= 4 is 21.6 Å². The Balaban J connectivity index is 1.50. The zero-order valence-electron chi connectivity index (χ0n) is 21.0. The van der Waals surface area contributed by atoms with E-state index in [0.717, 1.165) is 19.3 Å². The molecule has 190 valence electrons. The van der Waals surface area contributed by atoms with Crippen LogP contribution < -0.4 is 13.9 Å². The van der Waals surface area contributed by atoms with E-state index < -0.39 is 16.1 Å². The number of hydrogen-bond donors (Lipinski definition) is 1. The highest BCUT2D eigenvalue weighted by molar-refractivity contribution is 7.92. The number of anilines is 1. The first kappa shape index (κ1) is 25.7. The first-order valence-electron chi connectivity index (χ1n) is 12.2. The molecule has 0 saturated carbocycles. The minimum Gasteiger partial charge on any atom is -0.497 e. The Morgan fingerprint density at radius 1 is 0.889 bits per heavy atom. The van der Waals surface area contributed by atoms with Crippen molar-refractivity contribution in [3.05, 3.63) is 96.1 Å². The second kappa shape index (κ2) is 11.1. The number of amides is 1. The van der Waals surface area contributed by atoms with E-state index in [9.17, 15) is 13.2 Å². The lowest BCUT2D eigenvalue weighted by Crippen LogP contribution is -3.15. The van der Waals surface area contributed by atoms with Crippen LogP contribution in [0.5, 0.6) is 5.75 Å². The molecule has 0 aliphatic carbocycles. The topological polar surface area (TPSA) is 71.4 Å². The van der Waals surface area contributed by atoms with Crippen LogP contribution in [0.15, 0.2) is 84.9 Å². The smallest absolute Gasteiger partial charge is 0.246 e. The van der Waals surface area contributed by atoms with Crippen LogP contribution in [0.2, 0.25) is 0 Å². The molecule has 0 unspecified atom stereocenters. The van der Waals surface area contributed by atoms with Gasteiger partial charge in [-0.25, -0.2) is 8.42 Å². The third-order valence-electron chi connectivity index (χ3n) is 6.78. The van der Waals surface area contributed by atoms with Crippen LogP contribution in [0.25, 0.3) is 0 Å². The standard InChI is InChI=1S/C28H33N3O4S/c1-22(31(36(3,33)34)25-14-16-26(35-2)17-15-25)28(32)30-20-18-29(19-21-30)27(23-10-6-4-7-11-23)24-12-8-5-9-13-24/h4-17,22,27H,18-21H2,1-3H3/p+1/t22-/m0/s1. The second-order valence-electron chi connectivity index (χ2n) is 9.17. The molecule has 36 heavy (non-hydrogen) atoms. The molecule has 1 atom stereocenters. The average molecular weight is 509 g/mol. The first-order chi connectivity index (χ1) is 17.3. The molecule has 1 heterocycles. The van der Waals surface area contributed by atoms with Crippen molar-refractivity contribution in [2.45, 2.75) is 19.0 Å². The minimum absolute atomic E-state index is 0.175. The van der Waals surface area contributed by atoms with E-state index in [-0.39, 0.29) is 11.9 Å². The van der Waals surface area contributed by atoms with Crippen LogP contribution in [-0.2, 0) is 14.8 Å². The third kappa shape index (κ3) is 5.71. The molecule has 3 aromatic carbocycles. The molecular weight excluding hydrogens is 474 g/mol. The average Bonchev–Trinajstić information content (AvgIpc) is 2.90. The molecule has 0 radical (unpaired) electrons. The molecule has 0 aromatic heterocycles. The Bertz CT molecular complexity index is 1200. The molecule has 1 aliphatic rings. The number of rotatable bonds is 8. The number of carbonyl (C=O) groups excluding carboxylic acids is 1. The quantitative estimate of drug-likeness (QED) is 0.507.